The summed E-state index contributed by atoms with van der Waals surface area (Å²) in [6.45, 7) is 5.75. The summed E-state index contributed by atoms with van der Waals surface area (Å²) < 4.78 is 18.2. The summed E-state index contributed by atoms with van der Waals surface area (Å²) in [6, 6.07) is 6.16. The van der Waals surface area contributed by atoms with Gasteiger partial charge in [-0.2, -0.15) is 0 Å². The standard InChI is InChI=1S/C13H18FNO2/c1-13(2,3)17-12(16)15(4)9-10-6-5-7-11(14)8-10/h5-8H,9H2,1-4H3. The number of carbonyl (C=O) groups excluding carboxylic acids is 1. The van der Waals surface area contributed by atoms with Gasteiger partial charge in [0.15, 0.2) is 0 Å². The lowest BCUT2D eigenvalue weighted by Gasteiger charge is -2.24. The molecule has 1 amide bonds. The van der Waals surface area contributed by atoms with Gasteiger partial charge in [0.2, 0.25) is 0 Å². The van der Waals surface area contributed by atoms with Gasteiger partial charge in [0.25, 0.3) is 0 Å². The van der Waals surface area contributed by atoms with E-state index in [9.17, 15) is 9.18 Å². The van der Waals surface area contributed by atoms with Crippen LogP contribution >= 0.6 is 0 Å². The van der Waals surface area contributed by atoms with Crippen LogP contribution in [0.2, 0.25) is 0 Å². The molecular formula is C13H18FNO2. The predicted molar refractivity (Wildman–Crippen MR) is 64.1 cm³/mol. The number of benzene rings is 1. The van der Waals surface area contributed by atoms with Crippen LogP contribution in [-0.2, 0) is 11.3 Å². The second kappa shape index (κ2) is 5.17. The zero-order chi connectivity index (χ0) is 13.1. The fourth-order valence-electron chi connectivity index (χ4n) is 1.31. The maximum Gasteiger partial charge on any atom is 0.410 e. The van der Waals surface area contributed by atoms with Gasteiger partial charge in [-0.1, -0.05) is 12.1 Å². The maximum absolute atomic E-state index is 13.0. The van der Waals surface area contributed by atoms with E-state index in [2.05, 4.69) is 0 Å². The van der Waals surface area contributed by atoms with Crippen LogP contribution in [0.1, 0.15) is 26.3 Å². The van der Waals surface area contributed by atoms with E-state index in [0.717, 1.165) is 5.56 Å². The van der Waals surface area contributed by atoms with Crippen LogP contribution in [0.3, 0.4) is 0 Å². The molecule has 1 aromatic carbocycles. The minimum Gasteiger partial charge on any atom is -0.444 e. The van der Waals surface area contributed by atoms with Crippen molar-refractivity contribution in [3.63, 3.8) is 0 Å². The van der Waals surface area contributed by atoms with Crippen LogP contribution in [0.4, 0.5) is 9.18 Å². The first-order valence-electron chi connectivity index (χ1n) is 5.46. The molecule has 1 rings (SSSR count). The first kappa shape index (κ1) is 13.5. The molecule has 0 heterocycles. The molecule has 0 atom stereocenters. The Kier molecular flexibility index (Phi) is 4.10. The summed E-state index contributed by atoms with van der Waals surface area (Å²) in [5, 5.41) is 0. The van der Waals surface area contributed by atoms with Crippen molar-refractivity contribution in [2.75, 3.05) is 7.05 Å². The van der Waals surface area contributed by atoms with Gasteiger partial charge < -0.3 is 9.64 Å². The van der Waals surface area contributed by atoms with Crippen molar-refractivity contribution in [2.24, 2.45) is 0 Å². The van der Waals surface area contributed by atoms with E-state index < -0.39 is 11.7 Å². The summed E-state index contributed by atoms with van der Waals surface area (Å²) in [5.74, 6) is -0.305. The van der Waals surface area contributed by atoms with Crippen molar-refractivity contribution < 1.29 is 13.9 Å². The number of carbonyl (C=O) groups is 1. The van der Waals surface area contributed by atoms with Gasteiger partial charge in [-0.3, -0.25) is 0 Å². The Balaban J connectivity index is 2.60. The summed E-state index contributed by atoms with van der Waals surface area (Å²) in [5.41, 5.74) is 0.214. The Morgan fingerprint density at radius 1 is 1.41 bits per heavy atom. The van der Waals surface area contributed by atoms with Crippen LogP contribution < -0.4 is 0 Å². The molecule has 0 saturated carbocycles. The molecule has 0 aromatic heterocycles. The Bertz CT molecular complexity index is 399. The number of ether oxygens (including phenoxy) is 1. The number of hydrogen-bond acceptors (Lipinski definition) is 2. The number of hydrogen-bond donors (Lipinski definition) is 0. The quantitative estimate of drug-likeness (QED) is 0.793. The second-order valence-corrected chi connectivity index (χ2v) is 4.97. The largest absolute Gasteiger partial charge is 0.444 e. The lowest BCUT2D eigenvalue weighted by molar-refractivity contribution is 0.0285. The molecule has 4 heteroatoms. The summed E-state index contributed by atoms with van der Waals surface area (Å²) in [4.78, 5) is 13.1. The third-order valence-electron chi connectivity index (χ3n) is 2.01. The summed E-state index contributed by atoms with van der Waals surface area (Å²) in [6.07, 6.45) is -0.415. The molecule has 0 unspecified atom stereocenters. The first-order chi connectivity index (χ1) is 7.78. The molecule has 0 radical (unpaired) electrons. The fourth-order valence-corrected chi connectivity index (χ4v) is 1.31. The fraction of sp³-hybridized carbons (Fsp3) is 0.462. The van der Waals surface area contributed by atoms with Gasteiger partial charge in [-0.05, 0) is 38.5 Å². The Hall–Kier alpha value is -1.58. The average molecular weight is 239 g/mol. The van der Waals surface area contributed by atoms with Crippen molar-refractivity contribution >= 4 is 6.09 Å². The van der Waals surface area contributed by atoms with E-state index in [4.69, 9.17) is 4.74 Å². The smallest absolute Gasteiger partial charge is 0.410 e. The molecular weight excluding hydrogens is 221 g/mol. The average Bonchev–Trinajstić information content (AvgIpc) is 2.14. The Morgan fingerprint density at radius 2 is 2.06 bits per heavy atom. The molecule has 1 aromatic rings. The van der Waals surface area contributed by atoms with Crippen LogP contribution in [0.5, 0.6) is 0 Å². The van der Waals surface area contributed by atoms with Crippen molar-refractivity contribution in [3.05, 3.63) is 35.6 Å². The van der Waals surface area contributed by atoms with E-state index in [1.807, 2.05) is 0 Å². The monoisotopic (exact) mass is 239 g/mol. The highest BCUT2D eigenvalue weighted by atomic mass is 19.1. The topological polar surface area (TPSA) is 29.5 Å². The molecule has 3 nitrogen and oxygen atoms in total. The molecule has 0 aliphatic rings. The van der Waals surface area contributed by atoms with Crippen LogP contribution in [0.15, 0.2) is 24.3 Å². The lowest BCUT2D eigenvalue weighted by Crippen LogP contribution is -2.33. The minimum atomic E-state index is -0.521. The lowest BCUT2D eigenvalue weighted by atomic mass is 10.2. The van der Waals surface area contributed by atoms with Gasteiger partial charge in [-0.25, -0.2) is 9.18 Å². The molecule has 17 heavy (non-hydrogen) atoms. The van der Waals surface area contributed by atoms with Gasteiger partial charge in [0, 0.05) is 13.6 Å². The number of halogens is 1. The van der Waals surface area contributed by atoms with Crippen molar-refractivity contribution in [1.82, 2.24) is 4.90 Å². The van der Waals surface area contributed by atoms with Crippen molar-refractivity contribution in [2.45, 2.75) is 32.9 Å². The van der Waals surface area contributed by atoms with E-state index in [0.29, 0.717) is 6.54 Å². The number of rotatable bonds is 2. The van der Waals surface area contributed by atoms with Gasteiger partial charge in [-0.15, -0.1) is 0 Å². The normalized spacial score (nSPS) is 11.1. The molecule has 0 aliphatic carbocycles. The van der Waals surface area contributed by atoms with Crippen molar-refractivity contribution in [3.8, 4) is 0 Å². The summed E-state index contributed by atoms with van der Waals surface area (Å²) >= 11 is 0. The Morgan fingerprint density at radius 3 is 2.59 bits per heavy atom. The van der Waals surface area contributed by atoms with Gasteiger partial charge >= 0.3 is 6.09 Å². The molecule has 0 fully saturated rings. The molecule has 0 saturated heterocycles. The van der Waals surface area contributed by atoms with E-state index in [-0.39, 0.29) is 5.82 Å². The first-order valence-corrected chi connectivity index (χ1v) is 5.46. The molecule has 0 N–H and O–H groups in total. The SMILES string of the molecule is CN(Cc1cccc(F)c1)C(=O)OC(C)(C)C. The minimum absolute atomic E-state index is 0.305. The highest BCUT2D eigenvalue weighted by Crippen LogP contribution is 2.11. The van der Waals surface area contributed by atoms with Gasteiger partial charge in [0.05, 0.1) is 0 Å². The van der Waals surface area contributed by atoms with Crippen molar-refractivity contribution in [1.29, 1.82) is 0 Å². The van der Waals surface area contributed by atoms with Crippen LogP contribution in [-0.4, -0.2) is 23.6 Å². The highest BCUT2D eigenvalue weighted by Gasteiger charge is 2.19. The molecule has 0 bridgehead atoms. The predicted octanol–water partition coefficient (Wildman–Crippen LogP) is 3.19. The van der Waals surface area contributed by atoms with E-state index in [1.54, 1.807) is 40.0 Å². The third-order valence-corrected chi connectivity index (χ3v) is 2.01. The van der Waals surface area contributed by atoms with E-state index >= 15 is 0 Å². The number of nitrogens with zero attached hydrogens (tertiary/aromatic N) is 1. The van der Waals surface area contributed by atoms with E-state index in [1.165, 1.54) is 17.0 Å². The van der Waals surface area contributed by atoms with Crippen LogP contribution in [0.25, 0.3) is 0 Å². The second-order valence-electron chi connectivity index (χ2n) is 4.97. The number of amides is 1. The highest BCUT2D eigenvalue weighted by molar-refractivity contribution is 5.67. The summed E-state index contributed by atoms with van der Waals surface area (Å²) in [7, 11) is 1.62. The zero-order valence-electron chi connectivity index (χ0n) is 10.7. The zero-order valence-corrected chi connectivity index (χ0v) is 10.7. The van der Waals surface area contributed by atoms with Crippen LogP contribution in [0, 0.1) is 5.82 Å². The third kappa shape index (κ3) is 4.85. The molecule has 0 spiro atoms. The molecule has 94 valence electrons. The molecule has 0 aliphatic heterocycles. The Labute approximate surface area is 101 Å². The maximum atomic E-state index is 13.0. The van der Waals surface area contributed by atoms with Gasteiger partial charge in [0.1, 0.15) is 11.4 Å².